The predicted molar refractivity (Wildman–Crippen MR) is 158 cm³/mol. The van der Waals surface area contributed by atoms with Gasteiger partial charge in [-0.25, -0.2) is 9.59 Å². The minimum absolute atomic E-state index is 0.131. The third-order valence-electron chi connectivity index (χ3n) is 8.38. The van der Waals surface area contributed by atoms with Gasteiger partial charge in [0, 0.05) is 19.6 Å². The maximum atomic E-state index is 13.9. The zero-order valence-corrected chi connectivity index (χ0v) is 26.2. The molecule has 1 aliphatic carbocycles. The van der Waals surface area contributed by atoms with E-state index in [2.05, 4.69) is 16.0 Å². The van der Waals surface area contributed by atoms with Crippen molar-refractivity contribution in [3.8, 4) is 0 Å². The summed E-state index contributed by atoms with van der Waals surface area (Å²) in [5.41, 5.74) is 4.09. The van der Waals surface area contributed by atoms with Gasteiger partial charge in [0.25, 0.3) is 5.91 Å². The van der Waals surface area contributed by atoms with Gasteiger partial charge < -0.3 is 36.2 Å². The Labute approximate surface area is 253 Å². The molecule has 0 aromatic heterocycles. The van der Waals surface area contributed by atoms with Crippen LogP contribution in [0.5, 0.6) is 0 Å². The van der Waals surface area contributed by atoms with E-state index in [0.717, 1.165) is 19.3 Å². The number of nitrogens with two attached hydrogens (primary N) is 1. The molecule has 13 nitrogen and oxygen atoms in total. The summed E-state index contributed by atoms with van der Waals surface area (Å²) in [7, 11) is 0. The molecular weight excluding hydrogens is 556 g/mol. The van der Waals surface area contributed by atoms with Crippen LogP contribution < -0.4 is 21.7 Å². The van der Waals surface area contributed by atoms with Gasteiger partial charge in [-0.3, -0.25) is 19.2 Å². The monoisotopic (exact) mass is 604 g/mol. The Bertz CT molecular complexity index is 1120. The van der Waals surface area contributed by atoms with Crippen LogP contribution in [0.15, 0.2) is 12.2 Å². The Hall–Kier alpha value is -3.64. The number of nitrogens with zero attached hydrogens (tertiary/aromatic N) is 2. The molecule has 2 heterocycles. The van der Waals surface area contributed by atoms with Crippen molar-refractivity contribution in [2.24, 2.45) is 22.5 Å². The molecule has 3 aliphatic rings. The fourth-order valence-electron chi connectivity index (χ4n) is 5.36. The lowest BCUT2D eigenvalue weighted by atomic mass is 9.80. The highest BCUT2D eigenvalue weighted by molar-refractivity contribution is 6.37. The summed E-state index contributed by atoms with van der Waals surface area (Å²) in [6.45, 7) is 12.5. The summed E-state index contributed by atoms with van der Waals surface area (Å²) in [5.74, 6) is -2.84. The van der Waals surface area contributed by atoms with Crippen LogP contribution in [0, 0.1) is 16.7 Å². The molecule has 4 atom stereocenters. The molecule has 5 N–H and O–H groups in total. The van der Waals surface area contributed by atoms with Gasteiger partial charge in [-0.05, 0) is 29.6 Å². The Morgan fingerprint density at radius 3 is 2.21 bits per heavy atom. The third-order valence-corrected chi connectivity index (χ3v) is 8.38. The van der Waals surface area contributed by atoms with E-state index in [-0.39, 0.29) is 19.0 Å². The first kappa shape index (κ1) is 33.9. The van der Waals surface area contributed by atoms with E-state index in [1.54, 1.807) is 37.8 Å². The maximum Gasteiger partial charge on any atom is 0.409 e. The van der Waals surface area contributed by atoms with Crippen LogP contribution in [0.25, 0.3) is 0 Å². The number of amides is 6. The molecule has 43 heavy (non-hydrogen) atoms. The van der Waals surface area contributed by atoms with Crippen molar-refractivity contribution in [3.63, 3.8) is 0 Å². The number of carbonyl (C=O) groups is 6. The van der Waals surface area contributed by atoms with Crippen LogP contribution in [-0.2, 0) is 23.9 Å². The van der Waals surface area contributed by atoms with E-state index >= 15 is 0 Å². The number of ether oxygens (including phenoxy) is 1. The zero-order chi connectivity index (χ0) is 32.1. The second kappa shape index (κ2) is 13.8. The number of urea groups is 1. The molecule has 0 radical (unpaired) electrons. The SMILES string of the molecule is CC(C)(C)[C@H](NC(=O)N[C@H](CN1CCCOC1=O)C(C)(C)C)C(=O)N1CC=C[C@H]1C(=O)NC(CC1CCC1)C(=O)C(N)=O. The van der Waals surface area contributed by atoms with Crippen molar-refractivity contribution in [1.29, 1.82) is 0 Å². The lowest BCUT2D eigenvalue weighted by molar-refractivity contribution is -0.142. The summed E-state index contributed by atoms with van der Waals surface area (Å²) < 4.78 is 5.14. The van der Waals surface area contributed by atoms with Gasteiger partial charge in [0.05, 0.1) is 18.7 Å². The second-order valence-corrected chi connectivity index (χ2v) is 13.9. The van der Waals surface area contributed by atoms with Gasteiger partial charge in [0.15, 0.2) is 0 Å². The molecule has 6 amide bonds. The number of nitrogens with one attached hydrogen (secondary N) is 3. The number of Topliss-reactive ketones (excluding diaryl/α,β-unsaturated/α-hetero) is 1. The van der Waals surface area contributed by atoms with Crippen LogP contribution in [-0.4, -0.2) is 95.8 Å². The van der Waals surface area contributed by atoms with Crippen LogP contribution in [0.3, 0.4) is 0 Å². The first-order valence-corrected chi connectivity index (χ1v) is 15.1. The Morgan fingerprint density at radius 1 is 1.00 bits per heavy atom. The highest BCUT2D eigenvalue weighted by Gasteiger charge is 2.42. The summed E-state index contributed by atoms with van der Waals surface area (Å²) in [6.07, 6.45) is 6.67. The molecule has 0 bridgehead atoms. The van der Waals surface area contributed by atoms with E-state index < -0.39 is 70.6 Å². The molecule has 0 aromatic carbocycles. The fraction of sp³-hybridized carbons (Fsp3) is 0.733. The first-order valence-electron chi connectivity index (χ1n) is 15.1. The molecular formula is C30H48N6O7. The highest BCUT2D eigenvalue weighted by Crippen LogP contribution is 2.31. The fourth-order valence-corrected chi connectivity index (χ4v) is 5.36. The van der Waals surface area contributed by atoms with Gasteiger partial charge in [0.2, 0.25) is 17.6 Å². The minimum Gasteiger partial charge on any atom is -0.449 e. The van der Waals surface area contributed by atoms with E-state index in [1.807, 2.05) is 20.8 Å². The minimum atomic E-state index is -1.12. The molecule has 1 saturated heterocycles. The van der Waals surface area contributed by atoms with Gasteiger partial charge in [-0.15, -0.1) is 0 Å². The van der Waals surface area contributed by atoms with Crippen molar-refractivity contribution < 1.29 is 33.5 Å². The number of carbonyl (C=O) groups excluding carboxylic acids is 6. The number of hydrogen-bond acceptors (Lipinski definition) is 7. The number of ketones is 1. The third kappa shape index (κ3) is 8.93. The maximum absolute atomic E-state index is 13.9. The number of cyclic esters (lactones) is 1. The summed E-state index contributed by atoms with van der Waals surface area (Å²) in [5, 5.41) is 8.40. The Morgan fingerprint density at radius 2 is 1.67 bits per heavy atom. The highest BCUT2D eigenvalue weighted by atomic mass is 16.6. The molecule has 0 aromatic rings. The molecule has 0 spiro atoms. The average Bonchev–Trinajstić information content (AvgIpc) is 3.37. The molecule has 2 aliphatic heterocycles. The van der Waals surface area contributed by atoms with Crippen molar-refractivity contribution in [2.45, 2.75) is 97.8 Å². The Balaban J connectivity index is 1.71. The molecule has 2 fully saturated rings. The summed E-state index contributed by atoms with van der Waals surface area (Å²) >= 11 is 0. The normalized spacial score (nSPS) is 21.3. The topological polar surface area (TPSA) is 180 Å². The van der Waals surface area contributed by atoms with Crippen molar-refractivity contribution in [1.82, 2.24) is 25.8 Å². The summed E-state index contributed by atoms with van der Waals surface area (Å²) in [6, 6.07) is -4.13. The summed E-state index contributed by atoms with van der Waals surface area (Å²) in [4.78, 5) is 79.8. The predicted octanol–water partition coefficient (Wildman–Crippen LogP) is 1.45. The van der Waals surface area contributed by atoms with Crippen molar-refractivity contribution >= 4 is 35.6 Å². The van der Waals surface area contributed by atoms with E-state index in [9.17, 15) is 28.8 Å². The first-order chi connectivity index (χ1) is 20.0. The second-order valence-electron chi connectivity index (χ2n) is 13.9. The lowest BCUT2D eigenvalue weighted by Gasteiger charge is -2.39. The van der Waals surface area contributed by atoms with Crippen LogP contribution in [0.1, 0.15) is 73.6 Å². The molecule has 1 saturated carbocycles. The van der Waals surface area contributed by atoms with Crippen LogP contribution in [0.2, 0.25) is 0 Å². The quantitative estimate of drug-likeness (QED) is 0.203. The number of rotatable bonds is 11. The standard InChI is InChI=1S/C30H48N6O7/c1-29(2,3)21(17-35-13-9-15-43-28(35)42)33-27(41)34-23(30(4,5)6)26(40)36-14-8-12-20(36)25(39)32-19(22(37)24(31)38)16-18-10-7-11-18/h8,12,18-21,23H,7,9-11,13-17H2,1-6H3,(H2,31,38)(H,32,39)(H2,33,34,41)/t19?,20-,21+,23+/m0/s1. The van der Waals surface area contributed by atoms with Gasteiger partial charge in [-0.1, -0.05) is 73.0 Å². The number of primary amides is 1. The van der Waals surface area contributed by atoms with Crippen molar-refractivity contribution in [2.75, 3.05) is 26.2 Å². The Kier molecular flexibility index (Phi) is 10.8. The van der Waals surface area contributed by atoms with Crippen molar-refractivity contribution in [3.05, 3.63) is 12.2 Å². The molecule has 240 valence electrons. The van der Waals surface area contributed by atoms with Crippen LogP contribution >= 0.6 is 0 Å². The van der Waals surface area contributed by atoms with Gasteiger partial charge >= 0.3 is 12.1 Å². The molecule has 3 rings (SSSR count). The lowest BCUT2D eigenvalue weighted by Crippen LogP contribution is -2.62. The average molecular weight is 605 g/mol. The largest absolute Gasteiger partial charge is 0.449 e. The van der Waals surface area contributed by atoms with E-state index in [1.165, 1.54) is 4.90 Å². The smallest absolute Gasteiger partial charge is 0.409 e. The molecule has 13 heteroatoms. The van der Waals surface area contributed by atoms with E-state index in [4.69, 9.17) is 10.5 Å². The van der Waals surface area contributed by atoms with Gasteiger partial charge in [0.1, 0.15) is 12.1 Å². The van der Waals surface area contributed by atoms with E-state index in [0.29, 0.717) is 26.0 Å². The van der Waals surface area contributed by atoms with Crippen LogP contribution in [0.4, 0.5) is 9.59 Å². The number of hydrogen-bond donors (Lipinski definition) is 4. The molecule has 1 unspecified atom stereocenters. The zero-order valence-electron chi connectivity index (χ0n) is 26.2. The van der Waals surface area contributed by atoms with Gasteiger partial charge in [-0.2, -0.15) is 0 Å².